The summed E-state index contributed by atoms with van der Waals surface area (Å²) in [6.07, 6.45) is 0. The lowest BCUT2D eigenvalue weighted by Crippen LogP contribution is -2.23. The van der Waals surface area contributed by atoms with Crippen molar-refractivity contribution < 1.29 is 13.2 Å². The Labute approximate surface area is 148 Å². The van der Waals surface area contributed by atoms with Crippen molar-refractivity contribution in [2.45, 2.75) is 18.4 Å². The molecule has 1 N–H and O–H groups in total. The number of hydrogen-bond acceptors (Lipinski definition) is 3. The Morgan fingerprint density at radius 1 is 0.800 bits per heavy atom. The number of sulfonamides is 1. The van der Waals surface area contributed by atoms with Gasteiger partial charge in [0.05, 0.1) is 4.90 Å². The Balaban J connectivity index is 1.69. The molecule has 0 saturated carbocycles. The van der Waals surface area contributed by atoms with E-state index in [4.69, 9.17) is 4.74 Å². The lowest BCUT2D eigenvalue weighted by atomic mass is 10.1. The molecule has 3 aromatic rings. The first-order valence-electron chi connectivity index (χ1n) is 7.92. The second kappa shape index (κ2) is 7.51. The van der Waals surface area contributed by atoms with Gasteiger partial charge in [0.2, 0.25) is 10.0 Å². The van der Waals surface area contributed by atoms with E-state index < -0.39 is 10.0 Å². The predicted molar refractivity (Wildman–Crippen MR) is 98.2 cm³/mol. The minimum Gasteiger partial charge on any atom is -0.457 e. The minimum absolute atomic E-state index is 0.210. The summed E-state index contributed by atoms with van der Waals surface area (Å²) in [4.78, 5) is 0.210. The molecule has 0 aliphatic carbocycles. The van der Waals surface area contributed by atoms with E-state index in [0.717, 1.165) is 11.1 Å². The van der Waals surface area contributed by atoms with E-state index in [0.29, 0.717) is 11.5 Å². The molecule has 0 unspecified atom stereocenters. The first-order chi connectivity index (χ1) is 12.0. The Bertz CT molecular complexity index is 936. The molecule has 0 amide bonds. The zero-order valence-corrected chi connectivity index (χ0v) is 14.7. The van der Waals surface area contributed by atoms with Gasteiger partial charge in [0.15, 0.2) is 0 Å². The van der Waals surface area contributed by atoms with E-state index in [1.54, 1.807) is 24.3 Å². The van der Waals surface area contributed by atoms with Crippen LogP contribution in [0.4, 0.5) is 0 Å². The highest BCUT2D eigenvalue weighted by atomic mass is 32.2. The summed E-state index contributed by atoms with van der Waals surface area (Å²) in [7, 11) is -3.57. The van der Waals surface area contributed by atoms with Gasteiger partial charge in [-0.05, 0) is 54.4 Å². The molecule has 5 heteroatoms. The van der Waals surface area contributed by atoms with Crippen LogP contribution in [0.15, 0.2) is 83.8 Å². The summed E-state index contributed by atoms with van der Waals surface area (Å²) >= 11 is 0. The Kier molecular flexibility index (Phi) is 5.16. The van der Waals surface area contributed by atoms with Gasteiger partial charge in [-0.15, -0.1) is 0 Å². The highest BCUT2D eigenvalue weighted by molar-refractivity contribution is 7.89. The quantitative estimate of drug-likeness (QED) is 0.720. The number of benzene rings is 3. The van der Waals surface area contributed by atoms with Crippen LogP contribution in [0.1, 0.15) is 11.1 Å². The average molecular weight is 353 g/mol. The highest BCUT2D eigenvalue weighted by Crippen LogP contribution is 2.22. The van der Waals surface area contributed by atoms with Crippen molar-refractivity contribution in [1.82, 2.24) is 4.72 Å². The fraction of sp³-hybridized carbons (Fsp3) is 0.100. The highest BCUT2D eigenvalue weighted by Gasteiger charge is 2.14. The molecule has 0 aromatic heterocycles. The van der Waals surface area contributed by atoms with Crippen LogP contribution in [0.5, 0.6) is 11.5 Å². The second-order valence-electron chi connectivity index (χ2n) is 5.64. The zero-order chi connectivity index (χ0) is 17.7. The van der Waals surface area contributed by atoms with Crippen LogP contribution < -0.4 is 9.46 Å². The Morgan fingerprint density at radius 2 is 1.40 bits per heavy atom. The molecule has 3 rings (SSSR count). The third kappa shape index (κ3) is 4.47. The molecular weight excluding hydrogens is 334 g/mol. The molecule has 0 heterocycles. The first-order valence-corrected chi connectivity index (χ1v) is 9.40. The van der Waals surface area contributed by atoms with Crippen molar-refractivity contribution in [2.75, 3.05) is 0 Å². The van der Waals surface area contributed by atoms with E-state index in [1.807, 2.05) is 61.5 Å². The SMILES string of the molecule is Cc1ccccc1CNS(=O)(=O)c1ccc(Oc2ccccc2)cc1. The maximum atomic E-state index is 12.4. The molecule has 0 fully saturated rings. The molecule has 0 radical (unpaired) electrons. The predicted octanol–water partition coefficient (Wildman–Crippen LogP) is 4.27. The topological polar surface area (TPSA) is 55.4 Å². The van der Waals surface area contributed by atoms with Crippen molar-refractivity contribution in [3.05, 3.63) is 90.0 Å². The number of hydrogen-bond donors (Lipinski definition) is 1. The van der Waals surface area contributed by atoms with Crippen LogP contribution in [0.2, 0.25) is 0 Å². The third-order valence-corrected chi connectivity index (χ3v) is 5.24. The van der Waals surface area contributed by atoms with Gasteiger partial charge >= 0.3 is 0 Å². The molecule has 0 saturated heterocycles. The summed E-state index contributed by atoms with van der Waals surface area (Å²) in [6, 6.07) is 23.4. The second-order valence-corrected chi connectivity index (χ2v) is 7.40. The molecule has 0 bridgehead atoms. The summed E-state index contributed by atoms with van der Waals surface area (Å²) in [6.45, 7) is 2.22. The van der Waals surface area contributed by atoms with Crippen LogP contribution >= 0.6 is 0 Å². The first kappa shape index (κ1) is 17.2. The molecular formula is C20H19NO3S. The van der Waals surface area contributed by atoms with Crippen molar-refractivity contribution in [3.63, 3.8) is 0 Å². The Hall–Kier alpha value is -2.63. The molecule has 0 aliphatic heterocycles. The van der Waals surface area contributed by atoms with Crippen LogP contribution in [0.3, 0.4) is 0 Å². The number of rotatable bonds is 6. The van der Waals surface area contributed by atoms with E-state index in [-0.39, 0.29) is 11.4 Å². The van der Waals surface area contributed by atoms with Gasteiger partial charge in [0.25, 0.3) is 0 Å². The number of para-hydroxylation sites is 1. The van der Waals surface area contributed by atoms with E-state index in [2.05, 4.69) is 4.72 Å². The summed E-state index contributed by atoms with van der Waals surface area (Å²) in [5.41, 5.74) is 2.01. The summed E-state index contributed by atoms with van der Waals surface area (Å²) in [5.74, 6) is 1.29. The number of aryl methyl sites for hydroxylation is 1. The fourth-order valence-electron chi connectivity index (χ4n) is 2.38. The maximum absolute atomic E-state index is 12.4. The third-order valence-electron chi connectivity index (χ3n) is 3.83. The van der Waals surface area contributed by atoms with E-state index in [9.17, 15) is 8.42 Å². The maximum Gasteiger partial charge on any atom is 0.240 e. The largest absolute Gasteiger partial charge is 0.457 e. The molecule has 0 atom stereocenters. The van der Waals surface area contributed by atoms with Gasteiger partial charge in [-0.3, -0.25) is 0 Å². The van der Waals surface area contributed by atoms with E-state index >= 15 is 0 Å². The van der Waals surface area contributed by atoms with Gasteiger partial charge in [-0.1, -0.05) is 42.5 Å². The smallest absolute Gasteiger partial charge is 0.240 e. The van der Waals surface area contributed by atoms with Gasteiger partial charge < -0.3 is 4.74 Å². The van der Waals surface area contributed by atoms with Gasteiger partial charge in [-0.25, -0.2) is 13.1 Å². The lowest BCUT2D eigenvalue weighted by Gasteiger charge is -2.10. The minimum atomic E-state index is -3.57. The fourth-order valence-corrected chi connectivity index (χ4v) is 3.38. The summed E-state index contributed by atoms with van der Waals surface area (Å²) in [5, 5.41) is 0. The van der Waals surface area contributed by atoms with Gasteiger partial charge in [-0.2, -0.15) is 0 Å². The standard InChI is InChI=1S/C20H19NO3S/c1-16-7-5-6-8-17(16)15-21-25(22,23)20-13-11-19(12-14-20)24-18-9-3-2-4-10-18/h2-14,21H,15H2,1H3. The molecule has 4 nitrogen and oxygen atoms in total. The number of ether oxygens (including phenoxy) is 1. The van der Waals surface area contributed by atoms with Gasteiger partial charge in [0, 0.05) is 6.54 Å². The normalized spacial score (nSPS) is 11.2. The molecule has 0 aliphatic rings. The van der Waals surface area contributed by atoms with Crippen molar-refractivity contribution in [2.24, 2.45) is 0 Å². The molecule has 128 valence electrons. The lowest BCUT2D eigenvalue weighted by molar-refractivity contribution is 0.482. The number of nitrogens with one attached hydrogen (secondary N) is 1. The van der Waals surface area contributed by atoms with Crippen LogP contribution in [-0.2, 0) is 16.6 Å². The monoisotopic (exact) mass is 353 g/mol. The summed E-state index contributed by atoms with van der Waals surface area (Å²) < 4.78 is 33.2. The van der Waals surface area contributed by atoms with Crippen LogP contribution in [-0.4, -0.2) is 8.42 Å². The average Bonchev–Trinajstić information content (AvgIpc) is 2.62. The molecule has 25 heavy (non-hydrogen) atoms. The molecule has 3 aromatic carbocycles. The zero-order valence-electron chi connectivity index (χ0n) is 13.8. The van der Waals surface area contributed by atoms with Crippen molar-refractivity contribution in [3.8, 4) is 11.5 Å². The van der Waals surface area contributed by atoms with Crippen LogP contribution in [0.25, 0.3) is 0 Å². The van der Waals surface area contributed by atoms with E-state index in [1.165, 1.54) is 0 Å². The van der Waals surface area contributed by atoms with Crippen molar-refractivity contribution >= 4 is 10.0 Å². The van der Waals surface area contributed by atoms with Gasteiger partial charge in [0.1, 0.15) is 11.5 Å². The van der Waals surface area contributed by atoms with Crippen LogP contribution in [0, 0.1) is 6.92 Å². The Morgan fingerprint density at radius 3 is 2.08 bits per heavy atom. The van der Waals surface area contributed by atoms with Crippen molar-refractivity contribution in [1.29, 1.82) is 0 Å². The molecule has 0 spiro atoms.